The van der Waals surface area contributed by atoms with E-state index in [0.29, 0.717) is 52.1 Å². The highest BCUT2D eigenvalue weighted by atomic mass is 16.6. The summed E-state index contributed by atoms with van der Waals surface area (Å²) in [6.45, 7) is 22.2. The van der Waals surface area contributed by atoms with Gasteiger partial charge in [0.15, 0.2) is 0 Å². The Hall–Kier alpha value is -0.840. The van der Waals surface area contributed by atoms with E-state index in [4.69, 9.17) is 18.9 Å². The summed E-state index contributed by atoms with van der Waals surface area (Å²) in [5.74, 6) is 0.0858. The van der Waals surface area contributed by atoms with E-state index in [1.54, 1.807) is 12.2 Å². The van der Waals surface area contributed by atoms with Crippen LogP contribution in [0.2, 0.25) is 0 Å². The molecular formula is C36H56O8. The second-order valence-electron chi connectivity index (χ2n) is 17.0. The summed E-state index contributed by atoms with van der Waals surface area (Å²) in [7, 11) is 0. The SMILES string of the molecule is C=CCO[C@@H]1[C@]2(C)CC[C@@]1(O)[C@]13OC[C@@H](C)[C@@]1(O)CC[C@@]32C.C=CCO[C@@H]1[C@]2(O)CC[C@@]1(C)[C@]1(C)CC[C@@]3(O)[C@@H](C)CO[C@]123. The summed E-state index contributed by atoms with van der Waals surface area (Å²) in [4.78, 5) is 0. The van der Waals surface area contributed by atoms with Gasteiger partial charge in [0.1, 0.15) is 33.6 Å². The van der Waals surface area contributed by atoms with Crippen LogP contribution in [0.5, 0.6) is 0 Å². The van der Waals surface area contributed by atoms with Crippen LogP contribution in [0.1, 0.15) is 92.9 Å². The highest BCUT2D eigenvalue weighted by molar-refractivity contribution is 5.42. The van der Waals surface area contributed by atoms with Crippen molar-refractivity contribution in [1.82, 2.24) is 0 Å². The molecule has 0 amide bonds. The largest absolute Gasteiger partial charge is 0.386 e. The molecule has 0 radical (unpaired) electrons. The van der Waals surface area contributed by atoms with Gasteiger partial charge in [-0.05, 0) is 51.4 Å². The predicted octanol–water partition coefficient (Wildman–Crippen LogP) is 4.08. The van der Waals surface area contributed by atoms with Gasteiger partial charge in [-0.15, -0.1) is 13.2 Å². The minimum absolute atomic E-state index is 0.0429. The van der Waals surface area contributed by atoms with Crippen molar-refractivity contribution in [3.63, 3.8) is 0 Å². The van der Waals surface area contributed by atoms with Crippen molar-refractivity contribution in [3.05, 3.63) is 25.3 Å². The Balaban J connectivity index is 0.000000142. The average Bonchev–Trinajstić information content (AvgIpc) is 3.76. The summed E-state index contributed by atoms with van der Waals surface area (Å²) >= 11 is 0. The first-order valence-corrected chi connectivity index (χ1v) is 17.1. The van der Waals surface area contributed by atoms with E-state index in [0.717, 1.165) is 25.7 Å². The van der Waals surface area contributed by atoms with Gasteiger partial charge in [-0.3, -0.25) is 0 Å². The van der Waals surface area contributed by atoms with E-state index in [9.17, 15) is 20.4 Å². The van der Waals surface area contributed by atoms with Crippen molar-refractivity contribution in [1.29, 1.82) is 0 Å². The Morgan fingerprint density at radius 3 is 1.27 bits per heavy atom. The number of hydrogen-bond acceptors (Lipinski definition) is 8. The Kier molecular flexibility index (Phi) is 6.48. The van der Waals surface area contributed by atoms with Crippen molar-refractivity contribution in [2.24, 2.45) is 33.5 Å². The molecule has 6 aliphatic carbocycles. The topological polar surface area (TPSA) is 118 Å². The quantitative estimate of drug-likeness (QED) is 0.330. The Labute approximate surface area is 263 Å². The van der Waals surface area contributed by atoms with Crippen LogP contribution < -0.4 is 0 Å². The van der Waals surface area contributed by atoms with E-state index in [1.807, 2.05) is 13.8 Å². The normalized spacial score (nSPS) is 62.2. The first-order valence-electron chi connectivity index (χ1n) is 17.1. The van der Waals surface area contributed by atoms with E-state index in [-0.39, 0.29) is 45.7 Å². The van der Waals surface area contributed by atoms with E-state index in [1.165, 1.54) is 0 Å². The van der Waals surface area contributed by atoms with Crippen molar-refractivity contribution >= 4 is 0 Å². The van der Waals surface area contributed by atoms with Crippen molar-refractivity contribution in [2.75, 3.05) is 26.4 Å². The molecule has 8 rings (SSSR count). The lowest BCUT2D eigenvalue weighted by Crippen LogP contribution is -2.69. The number of rotatable bonds is 6. The molecule has 14 atom stereocenters. The molecule has 248 valence electrons. The molecule has 4 bridgehead atoms. The van der Waals surface area contributed by atoms with Crippen molar-refractivity contribution in [3.8, 4) is 0 Å². The van der Waals surface area contributed by atoms with Gasteiger partial charge in [0.05, 0.1) is 38.6 Å². The molecule has 0 aromatic rings. The molecule has 8 heteroatoms. The van der Waals surface area contributed by atoms with Gasteiger partial charge in [0.2, 0.25) is 0 Å². The first-order chi connectivity index (χ1) is 20.5. The summed E-state index contributed by atoms with van der Waals surface area (Å²) in [5.41, 5.74) is -6.83. The molecule has 2 heterocycles. The lowest BCUT2D eigenvalue weighted by molar-refractivity contribution is -0.256. The third-order valence-electron chi connectivity index (χ3n) is 16.1. The third-order valence-corrected chi connectivity index (χ3v) is 16.1. The molecule has 2 saturated heterocycles. The molecule has 4 N–H and O–H groups in total. The molecule has 0 unspecified atom stereocenters. The Morgan fingerprint density at radius 1 is 0.591 bits per heavy atom. The van der Waals surface area contributed by atoms with Gasteiger partial charge in [0, 0.05) is 33.5 Å². The second-order valence-corrected chi connectivity index (χ2v) is 17.0. The van der Waals surface area contributed by atoms with Gasteiger partial charge >= 0.3 is 0 Å². The fourth-order valence-corrected chi connectivity index (χ4v) is 13.7. The lowest BCUT2D eigenvalue weighted by atomic mass is 9.56. The molecule has 0 aromatic carbocycles. The van der Waals surface area contributed by atoms with Crippen LogP contribution in [-0.4, -0.2) is 92.7 Å². The molecule has 8 nitrogen and oxygen atoms in total. The van der Waals surface area contributed by atoms with Gasteiger partial charge in [-0.1, -0.05) is 53.7 Å². The maximum Gasteiger partial charge on any atom is 0.134 e. The molecular weight excluding hydrogens is 560 g/mol. The van der Waals surface area contributed by atoms with E-state index in [2.05, 4.69) is 40.9 Å². The van der Waals surface area contributed by atoms with Crippen LogP contribution >= 0.6 is 0 Å². The van der Waals surface area contributed by atoms with Crippen LogP contribution in [0, 0.1) is 33.5 Å². The van der Waals surface area contributed by atoms with Gasteiger partial charge in [-0.25, -0.2) is 0 Å². The van der Waals surface area contributed by atoms with Crippen LogP contribution in [0.15, 0.2) is 25.3 Å². The van der Waals surface area contributed by atoms with Gasteiger partial charge < -0.3 is 39.4 Å². The molecule has 44 heavy (non-hydrogen) atoms. The highest BCUT2D eigenvalue weighted by Crippen LogP contribution is 2.83. The first kappa shape index (κ1) is 31.7. The summed E-state index contributed by atoms with van der Waals surface area (Å²) < 4.78 is 24.8. The number of hydrogen-bond donors (Lipinski definition) is 4. The smallest absolute Gasteiger partial charge is 0.134 e. The molecule has 2 aliphatic heterocycles. The van der Waals surface area contributed by atoms with E-state index >= 15 is 0 Å². The van der Waals surface area contributed by atoms with Crippen molar-refractivity contribution in [2.45, 2.75) is 139 Å². The summed E-state index contributed by atoms with van der Waals surface area (Å²) in [5, 5.41) is 46.5. The second kappa shape index (κ2) is 8.98. The Morgan fingerprint density at radius 2 is 0.932 bits per heavy atom. The Bertz CT molecular complexity index is 1160. The highest BCUT2D eigenvalue weighted by Gasteiger charge is 2.93. The zero-order valence-electron chi connectivity index (χ0n) is 27.8. The van der Waals surface area contributed by atoms with Crippen LogP contribution in [0.25, 0.3) is 0 Å². The standard InChI is InChI=1S/2C18H28O4/c2*1-5-10-21-13-14(3)6-8-17(13,20)18-15(14,4)7-9-16(18,19)12(2)11-22-18/h2*5,12-13,19-20H,1,6-11H2,2-4H3/t2*12-,13-,14+,15-,16+,17+,18-/m10/s1. The van der Waals surface area contributed by atoms with E-state index < -0.39 is 33.6 Å². The minimum atomic E-state index is -1.12. The monoisotopic (exact) mass is 616 g/mol. The summed E-state index contributed by atoms with van der Waals surface area (Å²) in [6, 6.07) is 0. The fraction of sp³-hybridized carbons (Fsp3) is 0.889. The number of ether oxygens (including phenoxy) is 4. The maximum atomic E-state index is 11.7. The number of fused-ring (bicyclic) bond motifs is 6. The third kappa shape index (κ3) is 2.76. The minimum Gasteiger partial charge on any atom is -0.386 e. The summed E-state index contributed by atoms with van der Waals surface area (Å²) in [6.07, 6.45) is 9.10. The zero-order chi connectivity index (χ0) is 32.0. The zero-order valence-corrected chi connectivity index (χ0v) is 27.8. The number of aliphatic hydroxyl groups is 4. The van der Waals surface area contributed by atoms with Crippen LogP contribution in [0.3, 0.4) is 0 Å². The average molecular weight is 617 g/mol. The van der Waals surface area contributed by atoms with Crippen LogP contribution in [-0.2, 0) is 18.9 Å². The molecule has 2 spiro atoms. The molecule has 8 aliphatic rings. The molecule has 8 fully saturated rings. The lowest BCUT2D eigenvalue weighted by Gasteiger charge is -2.54. The molecule has 6 saturated carbocycles. The maximum absolute atomic E-state index is 11.7. The van der Waals surface area contributed by atoms with Gasteiger partial charge in [-0.2, -0.15) is 0 Å². The molecule has 0 aromatic heterocycles. The van der Waals surface area contributed by atoms with Crippen LogP contribution in [0.4, 0.5) is 0 Å². The van der Waals surface area contributed by atoms with Gasteiger partial charge in [0.25, 0.3) is 0 Å². The fourth-order valence-electron chi connectivity index (χ4n) is 13.7. The van der Waals surface area contributed by atoms with Crippen molar-refractivity contribution < 1.29 is 39.4 Å². The predicted molar refractivity (Wildman–Crippen MR) is 165 cm³/mol.